The lowest BCUT2D eigenvalue weighted by Gasteiger charge is -2.23. The molecule has 2 amide bonds. The molecule has 2 aliphatic rings. The van der Waals surface area contributed by atoms with Crippen LogP contribution in [0.3, 0.4) is 0 Å². The molecule has 1 atom stereocenters. The number of hydrogen-bond donors (Lipinski definition) is 2. The molecule has 1 saturated carbocycles. The van der Waals surface area contributed by atoms with Crippen molar-refractivity contribution in [2.75, 3.05) is 31.7 Å². The molecule has 0 radical (unpaired) electrons. The normalized spacial score (nSPS) is 21.3. The average Bonchev–Trinajstić information content (AvgIpc) is 3.34. The molecule has 1 aliphatic carbocycles. The number of hydrogen-bond acceptors (Lipinski definition) is 5. The maximum atomic E-state index is 12.0. The Kier molecular flexibility index (Phi) is 3.88. The minimum atomic E-state index is -0.274. The number of amides is 2. The number of oxazole rings is 1. The van der Waals surface area contributed by atoms with Gasteiger partial charge in [0.2, 0.25) is 0 Å². The van der Waals surface area contributed by atoms with Gasteiger partial charge < -0.3 is 24.5 Å². The summed E-state index contributed by atoms with van der Waals surface area (Å²) in [7, 11) is 0. The standard InChI is InChI=1S/C16H19N3O4/c20-16(17-8-12-9-21-5-6-22-12)18-11-3-4-14-13(7-11)19-15(23-14)10-1-2-10/h3-4,7,10,12H,1-2,5-6,8-9H2,(H2,17,18,20)/t12-/m0/s1. The van der Waals surface area contributed by atoms with E-state index >= 15 is 0 Å². The molecule has 122 valence electrons. The third-order valence-corrected chi connectivity index (χ3v) is 3.96. The van der Waals surface area contributed by atoms with Crippen molar-refractivity contribution in [1.82, 2.24) is 10.3 Å². The van der Waals surface area contributed by atoms with Gasteiger partial charge in [-0.15, -0.1) is 0 Å². The van der Waals surface area contributed by atoms with Gasteiger partial charge >= 0.3 is 6.03 Å². The Morgan fingerprint density at radius 1 is 1.30 bits per heavy atom. The van der Waals surface area contributed by atoms with Gasteiger partial charge in [-0.25, -0.2) is 9.78 Å². The van der Waals surface area contributed by atoms with Crippen molar-refractivity contribution in [3.63, 3.8) is 0 Å². The zero-order valence-corrected chi connectivity index (χ0v) is 12.7. The van der Waals surface area contributed by atoms with E-state index in [0.717, 1.165) is 29.8 Å². The van der Waals surface area contributed by atoms with Crippen molar-refractivity contribution < 1.29 is 18.7 Å². The quantitative estimate of drug-likeness (QED) is 0.903. The van der Waals surface area contributed by atoms with Crippen molar-refractivity contribution in [3.8, 4) is 0 Å². The Hall–Kier alpha value is -2.12. The second-order valence-corrected chi connectivity index (χ2v) is 5.91. The summed E-state index contributed by atoms with van der Waals surface area (Å²) in [6.07, 6.45) is 2.20. The molecule has 2 heterocycles. The number of carbonyl (C=O) groups excluding carboxylic acids is 1. The number of rotatable bonds is 4. The van der Waals surface area contributed by atoms with Crippen LogP contribution in [0.25, 0.3) is 11.1 Å². The maximum absolute atomic E-state index is 12.0. The Bertz CT molecular complexity index is 704. The van der Waals surface area contributed by atoms with E-state index in [9.17, 15) is 4.79 Å². The third kappa shape index (κ3) is 3.46. The van der Waals surface area contributed by atoms with Gasteiger partial charge in [0.1, 0.15) is 5.52 Å². The topological polar surface area (TPSA) is 85.6 Å². The van der Waals surface area contributed by atoms with Crippen molar-refractivity contribution in [2.45, 2.75) is 24.9 Å². The number of anilines is 1. The van der Waals surface area contributed by atoms with Crippen LogP contribution in [0.15, 0.2) is 22.6 Å². The average molecular weight is 317 g/mol. The summed E-state index contributed by atoms with van der Waals surface area (Å²) >= 11 is 0. The molecule has 7 heteroatoms. The van der Waals surface area contributed by atoms with E-state index in [-0.39, 0.29) is 12.1 Å². The van der Waals surface area contributed by atoms with Crippen molar-refractivity contribution >= 4 is 22.8 Å². The highest BCUT2D eigenvalue weighted by Gasteiger charge is 2.28. The minimum Gasteiger partial charge on any atom is -0.440 e. The molecule has 7 nitrogen and oxygen atoms in total. The van der Waals surface area contributed by atoms with Crippen LogP contribution in [0, 0.1) is 0 Å². The van der Waals surface area contributed by atoms with Gasteiger partial charge in [0, 0.05) is 18.2 Å². The smallest absolute Gasteiger partial charge is 0.319 e. The lowest BCUT2D eigenvalue weighted by molar-refractivity contribution is -0.0852. The molecule has 4 rings (SSSR count). The highest BCUT2D eigenvalue weighted by molar-refractivity contribution is 5.91. The summed E-state index contributed by atoms with van der Waals surface area (Å²) in [5, 5.41) is 5.58. The molecular formula is C16H19N3O4. The Labute approximate surface area is 133 Å². The van der Waals surface area contributed by atoms with Crippen LogP contribution in [-0.4, -0.2) is 43.5 Å². The van der Waals surface area contributed by atoms with Gasteiger partial charge in [-0.1, -0.05) is 0 Å². The van der Waals surface area contributed by atoms with Gasteiger partial charge in [0.15, 0.2) is 11.5 Å². The van der Waals surface area contributed by atoms with Crippen LogP contribution in [0.2, 0.25) is 0 Å². The Morgan fingerprint density at radius 2 is 2.22 bits per heavy atom. The summed E-state index contributed by atoms with van der Waals surface area (Å²) in [4.78, 5) is 16.4. The lowest BCUT2D eigenvalue weighted by Crippen LogP contribution is -2.41. The predicted molar refractivity (Wildman–Crippen MR) is 83.6 cm³/mol. The van der Waals surface area contributed by atoms with Crippen LogP contribution in [-0.2, 0) is 9.47 Å². The number of nitrogens with zero attached hydrogens (tertiary/aromatic N) is 1. The van der Waals surface area contributed by atoms with E-state index in [2.05, 4.69) is 15.6 Å². The second kappa shape index (κ2) is 6.17. The second-order valence-electron chi connectivity index (χ2n) is 5.91. The molecule has 0 spiro atoms. The monoisotopic (exact) mass is 317 g/mol. The summed E-state index contributed by atoms with van der Waals surface area (Å²) in [6.45, 7) is 2.11. The molecule has 1 aliphatic heterocycles. The molecule has 1 saturated heterocycles. The zero-order chi connectivity index (χ0) is 15.6. The van der Waals surface area contributed by atoms with Crippen LogP contribution >= 0.6 is 0 Å². The fourth-order valence-electron chi connectivity index (χ4n) is 2.56. The fourth-order valence-corrected chi connectivity index (χ4v) is 2.56. The van der Waals surface area contributed by atoms with Gasteiger partial charge in [-0.2, -0.15) is 0 Å². The molecular weight excluding hydrogens is 298 g/mol. The number of carbonyl (C=O) groups is 1. The predicted octanol–water partition coefficient (Wildman–Crippen LogP) is 2.24. The van der Waals surface area contributed by atoms with E-state index in [1.807, 2.05) is 18.2 Å². The number of urea groups is 1. The molecule has 0 bridgehead atoms. The van der Waals surface area contributed by atoms with E-state index < -0.39 is 0 Å². The van der Waals surface area contributed by atoms with E-state index in [1.54, 1.807) is 0 Å². The summed E-state index contributed by atoms with van der Waals surface area (Å²) < 4.78 is 16.5. The van der Waals surface area contributed by atoms with Crippen LogP contribution in [0.1, 0.15) is 24.7 Å². The van der Waals surface area contributed by atoms with Crippen LogP contribution in [0.4, 0.5) is 10.5 Å². The number of ether oxygens (including phenoxy) is 2. The largest absolute Gasteiger partial charge is 0.440 e. The summed E-state index contributed by atoms with van der Waals surface area (Å²) in [6, 6.07) is 5.19. The Morgan fingerprint density at radius 3 is 3.00 bits per heavy atom. The first-order valence-corrected chi connectivity index (χ1v) is 7.92. The van der Waals surface area contributed by atoms with Crippen LogP contribution < -0.4 is 10.6 Å². The molecule has 2 N–H and O–H groups in total. The number of nitrogens with one attached hydrogen (secondary N) is 2. The fraction of sp³-hybridized carbons (Fsp3) is 0.500. The first kappa shape index (κ1) is 14.5. The first-order valence-electron chi connectivity index (χ1n) is 7.92. The first-order chi connectivity index (χ1) is 11.3. The van der Waals surface area contributed by atoms with Crippen molar-refractivity contribution in [2.24, 2.45) is 0 Å². The molecule has 2 aromatic rings. The van der Waals surface area contributed by atoms with Crippen molar-refractivity contribution in [3.05, 3.63) is 24.1 Å². The number of aromatic nitrogens is 1. The molecule has 1 aromatic carbocycles. The van der Waals surface area contributed by atoms with E-state index in [0.29, 0.717) is 38.0 Å². The summed E-state index contributed by atoms with van der Waals surface area (Å²) in [5.74, 6) is 1.27. The zero-order valence-electron chi connectivity index (χ0n) is 12.7. The number of benzene rings is 1. The Balaban J connectivity index is 1.35. The van der Waals surface area contributed by atoms with Crippen molar-refractivity contribution in [1.29, 1.82) is 0 Å². The SMILES string of the molecule is O=C(NC[C@H]1COCCO1)Nc1ccc2oc(C3CC3)nc2c1. The lowest BCUT2D eigenvalue weighted by atomic mass is 10.3. The summed E-state index contributed by atoms with van der Waals surface area (Å²) in [5.41, 5.74) is 2.21. The highest BCUT2D eigenvalue weighted by Crippen LogP contribution is 2.40. The van der Waals surface area contributed by atoms with Crippen LogP contribution in [0.5, 0.6) is 0 Å². The van der Waals surface area contributed by atoms with E-state index in [1.165, 1.54) is 0 Å². The van der Waals surface area contributed by atoms with Gasteiger partial charge in [-0.05, 0) is 31.0 Å². The molecule has 2 fully saturated rings. The third-order valence-electron chi connectivity index (χ3n) is 3.96. The molecule has 1 aromatic heterocycles. The van der Waals surface area contributed by atoms with Gasteiger partial charge in [-0.3, -0.25) is 0 Å². The molecule has 0 unspecified atom stereocenters. The van der Waals surface area contributed by atoms with Gasteiger partial charge in [0.05, 0.1) is 25.9 Å². The van der Waals surface area contributed by atoms with E-state index in [4.69, 9.17) is 13.9 Å². The maximum Gasteiger partial charge on any atom is 0.319 e. The number of fused-ring (bicyclic) bond motifs is 1. The minimum absolute atomic E-state index is 0.0892. The van der Waals surface area contributed by atoms with Gasteiger partial charge in [0.25, 0.3) is 0 Å². The highest BCUT2D eigenvalue weighted by atomic mass is 16.6. The molecule has 23 heavy (non-hydrogen) atoms.